The molecule has 1 aromatic heterocycles. The second-order valence-electron chi connectivity index (χ2n) is 7.99. The molecule has 3 atom stereocenters. The first-order valence-electron chi connectivity index (χ1n) is 10.2. The lowest BCUT2D eigenvalue weighted by molar-refractivity contribution is -0.122. The number of carbonyl (C=O) groups is 1. The Labute approximate surface area is 160 Å². The van der Waals surface area contributed by atoms with Gasteiger partial charge in [0.15, 0.2) is 0 Å². The van der Waals surface area contributed by atoms with E-state index in [-0.39, 0.29) is 17.5 Å². The number of rotatable bonds is 5. The van der Waals surface area contributed by atoms with E-state index < -0.39 is 0 Å². The van der Waals surface area contributed by atoms with Gasteiger partial charge in [0.1, 0.15) is 0 Å². The maximum absolute atomic E-state index is 12.5. The molecule has 0 radical (unpaired) electrons. The van der Waals surface area contributed by atoms with Crippen LogP contribution < -0.4 is 15.8 Å². The lowest BCUT2D eigenvalue weighted by Crippen LogP contribution is -2.43. The topological polar surface area (TPSA) is 87.3 Å². The van der Waals surface area contributed by atoms with Crippen LogP contribution in [0.5, 0.6) is 0 Å². The number of morpholine rings is 1. The molecule has 1 aliphatic heterocycles. The Morgan fingerprint density at radius 1 is 1.30 bits per heavy atom. The molecule has 1 aromatic rings. The van der Waals surface area contributed by atoms with E-state index in [1.165, 1.54) is 12.8 Å². The van der Waals surface area contributed by atoms with E-state index in [1.54, 1.807) is 0 Å². The fourth-order valence-electron chi connectivity index (χ4n) is 4.12. The summed E-state index contributed by atoms with van der Waals surface area (Å²) in [5.74, 6) is 1.77. The highest BCUT2D eigenvalue weighted by Crippen LogP contribution is 2.29. The fourth-order valence-corrected chi connectivity index (χ4v) is 4.12. The summed E-state index contributed by atoms with van der Waals surface area (Å²) in [5.41, 5.74) is 1.16. The van der Waals surface area contributed by atoms with E-state index >= 15 is 0 Å². The van der Waals surface area contributed by atoms with Crippen molar-refractivity contribution >= 4 is 11.9 Å². The molecular weight excluding hydrogens is 344 g/mol. The molecule has 2 fully saturated rings. The molecule has 2 heterocycles. The second-order valence-corrected chi connectivity index (χ2v) is 7.99. The SMILES string of the molecule is Cc1nc(N2CCOCC2)[nH]c(=O)c1CCC(=O)N[C@@H]1CCC[C@@H](C)[C@@H]1C. The highest BCUT2D eigenvalue weighted by atomic mass is 16.5. The first-order chi connectivity index (χ1) is 13.0. The zero-order chi connectivity index (χ0) is 19.4. The van der Waals surface area contributed by atoms with Crippen LogP contribution in [0.4, 0.5) is 5.95 Å². The smallest absolute Gasteiger partial charge is 0.255 e. The summed E-state index contributed by atoms with van der Waals surface area (Å²) in [6.07, 6.45) is 4.19. The summed E-state index contributed by atoms with van der Waals surface area (Å²) in [5, 5.41) is 3.18. The highest BCUT2D eigenvalue weighted by molar-refractivity contribution is 5.76. The molecule has 1 aliphatic carbocycles. The summed E-state index contributed by atoms with van der Waals surface area (Å²) in [6, 6.07) is 0.252. The van der Waals surface area contributed by atoms with Crippen molar-refractivity contribution in [1.29, 1.82) is 0 Å². The monoisotopic (exact) mass is 376 g/mol. The molecule has 7 heteroatoms. The number of hydrogen-bond donors (Lipinski definition) is 2. The molecule has 1 amide bonds. The van der Waals surface area contributed by atoms with Crippen LogP contribution >= 0.6 is 0 Å². The van der Waals surface area contributed by atoms with Gasteiger partial charge in [0.25, 0.3) is 5.56 Å². The molecule has 1 saturated carbocycles. The number of hydrogen-bond acceptors (Lipinski definition) is 5. The number of anilines is 1. The van der Waals surface area contributed by atoms with E-state index in [1.807, 2.05) is 11.8 Å². The van der Waals surface area contributed by atoms with Crippen molar-refractivity contribution in [3.05, 3.63) is 21.6 Å². The zero-order valence-electron chi connectivity index (χ0n) is 16.7. The fraction of sp³-hybridized carbons (Fsp3) is 0.750. The van der Waals surface area contributed by atoms with Gasteiger partial charge in [-0.15, -0.1) is 0 Å². The number of aromatic amines is 1. The van der Waals surface area contributed by atoms with Gasteiger partial charge in [-0.1, -0.05) is 26.7 Å². The van der Waals surface area contributed by atoms with Crippen LogP contribution in [0.25, 0.3) is 0 Å². The summed E-state index contributed by atoms with van der Waals surface area (Å²) in [4.78, 5) is 34.4. The van der Waals surface area contributed by atoms with Crippen molar-refractivity contribution in [3.8, 4) is 0 Å². The van der Waals surface area contributed by atoms with Crippen molar-refractivity contribution in [2.75, 3.05) is 31.2 Å². The van der Waals surface area contributed by atoms with Crippen LogP contribution in [0, 0.1) is 18.8 Å². The Morgan fingerprint density at radius 2 is 2.04 bits per heavy atom. The van der Waals surface area contributed by atoms with Crippen LogP contribution in [0.15, 0.2) is 4.79 Å². The third kappa shape index (κ3) is 4.89. The summed E-state index contributed by atoms with van der Waals surface area (Å²) >= 11 is 0. The first kappa shape index (κ1) is 19.9. The number of nitrogens with zero attached hydrogens (tertiary/aromatic N) is 2. The van der Waals surface area contributed by atoms with E-state index in [4.69, 9.17) is 4.74 Å². The van der Waals surface area contributed by atoms with Crippen molar-refractivity contribution in [2.45, 2.75) is 58.9 Å². The molecule has 7 nitrogen and oxygen atoms in total. The summed E-state index contributed by atoms with van der Waals surface area (Å²) in [6.45, 7) is 9.05. The Kier molecular flexibility index (Phi) is 6.52. The molecule has 2 N–H and O–H groups in total. The minimum absolute atomic E-state index is 0.0250. The van der Waals surface area contributed by atoms with Gasteiger partial charge in [-0.25, -0.2) is 4.98 Å². The number of H-pyrrole nitrogens is 1. The maximum atomic E-state index is 12.5. The van der Waals surface area contributed by atoms with Gasteiger partial charge < -0.3 is 15.0 Å². The molecule has 2 aliphatic rings. The average molecular weight is 377 g/mol. The largest absolute Gasteiger partial charge is 0.378 e. The predicted molar refractivity (Wildman–Crippen MR) is 105 cm³/mol. The summed E-state index contributed by atoms with van der Waals surface area (Å²) < 4.78 is 5.34. The molecule has 0 aromatic carbocycles. The van der Waals surface area contributed by atoms with E-state index in [9.17, 15) is 9.59 Å². The third-order valence-corrected chi connectivity index (χ3v) is 6.18. The Bertz CT molecular complexity index is 712. The third-order valence-electron chi connectivity index (χ3n) is 6.18. The van der Waals surface area contributed by atoms with Gasteiger partial charge in [0, 0.05) is 36.8 Å². The van der Waals surface area contributed by atoms with Crippen molar-refractivity contribution < 1.29 is 9.53 Å². The van der Waals surface area contributed by atoms with Gasteiger partial charge in [-0.05, 0) is 31.6 Å². The quantitative estimate of drug-likeness (QED) is 0.818. The standard InChI is InChI=1S/C20H32N4O3/c1-13-5-4-6-17(14(13)2)22-18(25)8-7-16-15(3)21-20(23-19(16)26)24-9-11-27-12-10-24/h13-14,17H,4-12H2,1-3H3,(H,22,25)(H,21,23,26)/t13-,14+,17-/m1/s1. The second kappa shape index (κ2) is 8.87. The summed E-state index contributed by atoms with van der Waals surface area (Å²) in [7, 11) is 0. The van der Waals surface area contributed by atoms with Crippen molar-refractivity contribution in [3.63, 3.8) is 0 Å². The number of amides is 1. The Balaban J connectivity index is 1.58. The van der Waals surface area contributed by atoms with Crippen LogP contribution in [-0.2, 0) is 16.0 Å². The van der Waals surface area contributed by atoms with Gasteiger partial charge in [0.05, 0.1) is 13.2 Å². The van der Waals surface area contributed by atoms with Gasteiger partial charge in [0.2, 0.25) is 11.9 Å². The minimum Gasteiger partial charge on any atom is -0.378 e. The molecule has 0 spiro atoms. The van der Waals surface area contributed by atoms with Crippen molar-refractivity contribution in [1.82, 2.24) is 15.3 Å². The lowest BCUT2D eigenvalue weighted by atomic mass is 9.78. The van der Waals surface area contributed by atoms with Crippen LogP contribution in [0.1, 0.15) is 50.8 Å². The molecule has 1 saturated heterocycles. The first-order valence-corrected chi connectivity index (χ1v) is 10.2. The molecule has 0 bridgehead atoms. The van der Waals surface area contributed by atoms with Crippen molar-refractivity contribution in [2.24, 2.45) is 11.8 Å². The van der Waals surface area contributed by atoms with E-state index in [0.717, 1.165) is 19.5 Å². The van der Waals surface area contributed by atoms with Crippen LogP contribution in [0.3, 0.4) is 0 Å². The number of aromatic nitrogens is 2. The number of nitrogens with one attached hydrogen (secondary N) is 2. The highest BCUT2D eigenvalue weighted by Gasteiger charge is 2.28. The Morgan fingerprint density at radius 3 is 2.74 bits per heavy atom. The van der Waals surface area contributed by atoms with Gasteiger partial charge in [-0.3, -0.25) is 14.6 Å². The number of aryl methyl sites for hydroxylation is 1. The lowest BCUT2D eigenvalue weighted by Gasteiger charge is -2.34. The van der Waals surface area contributed by atoms with Gasteiger partial charge in [-0.2, -0.15) is 0 Å². The zero-order valence-corrected chi connectivity index (χ0v) is 16.7. The molecular formula is C20H32N4O3. The average Bonchev–Trinajstić information content (AvgIpc) is 2.65. The van der Waals surface area contributed by atoms with Crippen LogP contribution in [-0.4, -0.2) is 48.2 Å². The normalized spacial score (nSPS) is 26.0. The van der Waals surface area contributed by atoms with Crippen LogP contribution in [0.2, 0.25) is 0 Å². The Hall–Kier alpha value is -1.89. The van der Waals surface area contributed by atoms with E-state index in [2.05, 4.69) is 29.1 Å². The molecule has 3 rings (SSSR count). The van der Waals surface area contributed by atoms with Gasteiger partial charge >= 0.3 is 0 Å². The predicted octanol–water partition coefficient (Wildman–Crippen LogP) is 1.79. The van der Waals surface area contributed by atoms with E-state index in [0.29, 0.717) is 55.1 Å². The minimum atomic E-state index is -0.142. The number of ether oxygens (including phenoxy) is 1. The molecule has 27 heavy (non-hydrogen) atoms. The molecule has 150 valence electrons. The molecule has 0 unspecified atom stereocenters. The maximum Gasteiger partial charge on any atom is 0.255 e. The number of carbonyl (C=O) groups excluding carboxylic acids is 1.